The number of ether oxygens (including phenoxy) is 3. The maximum Gasteiger partial charge on any atom is 0.408 e. The van der Waals surface area contributed by atoms with Crippen LogP contribution in [0.25, 0.3) is 0 Å². The lowest BCUT2D eigenvalue weighted by molar-refractivity contribution is -0.155. The van der Waals surface area contributed by atoms with Crippen LogP contribution in [-0.4, -0.2) is 61.3 Å². The van der Waals surface area contributed by atoms with E-state index in [1.54, 1.807) is 45.0 Å². The fraction of sp³-hybridized carbons (Fsp3) is 0.423. The summed E-state index contributed by atoms with van der Waals surface area (Å²) < 4.78 is 16.0. The van der Waals surface area contributed by atoms with Crippen molar-refractivity contribution in [3.63, 3.8) is 0 Å². The first kappa shape index (κ1) is 28.1. The fourth-order valence-corrected chi connectivity index (χ4v) is 3.37. The number of rotatable bonds is 10. The lowest BCUT2D eigenvalue weighted by Gasteiger charge is -2.30. The van der Waals surface area contributed by atoms with Gasteiger partial charge >= 0.3 is 12.1 Å². The van der Waals surface area contributed by atoms with Crippen LogP contribution in [0.3, 0.4) is 0 Å². The van der Waals surface area contributed by atoms with Gasteiger partial charge < -0.3 is 24.4 Å². The Labute approximate surface area is 211 Å². The van der Waals surface area contributed by atoms with Gasteiger partial charge in [-0.25, -0.2) is 9.59 Å². The summed E-state index contributed by atoms with van der Waals surface area (Å²) in [6.45, 7) is 5.37. The molecule has 2 aromatic rings. The molecule has 2 rings (SSSR count). The molecular weight excluding hydrogens is 472 g/mol. The zero-order valence-corrected chi connectivity index (χ0v) is 21.5. The van der Waals surface area contributed by atoms with Crippen molar-refractivity contribution in [2.45, 2.75) is 51.5 Å². The first-order valence-corrected chi connectivity index (χ1v) is 11.6. The maximum atomic E-state index is 13.5. The summed E-state index contributed by atoms with van der Waals surface area (Å²) in [5.41, 5.74) is 0.952. The average Bonchev–Trinajstić information content (AvgIpc) is 2.81. The van der Waals surface area contributed by atoms with Gasteiger partial charge in [-0.1, -0.05) is 54.1 Å². The number of nitrogens with zero attached hydrogens (tertiary/aromatic N) is 1. The molecule has 0 aliphatic heterocycles. The number of amides is 2. The molecule has 8 nitrogen and oxygen atoms in total. The Kier molecular flexibility index (Phi) is 10.5. The lowest BCUT2D eigenvalue weighted by Crippen LogP contribution is -2.55. The van der Waals surface area contributed by atoms with Crippen LogP contribution in [0.5, 0.6) is 0 Å². The Bertz CT molecular complexity index is 976. The van der Waals surface area contributed by atoms with Gasteiger partial charge in [0.15, 0.2) is 6.04 Å². The second kappa shape index (κ2) is 13.1. The van der Waals surface area contributed by atoms with Crippen LogP contribution >= 0.6 is 11.6 Å². The van der Waals surface area contributed by atoms with E-state index in [0.29, 0.717) is 5.02 Å². The number of benzene rings is 2. The summed E-state index contributed by atoms with van der Waals surface area (Å²) >= 11 is 5.97. The van der Waals surface area contributed by atoms with E-state index in [1.807, 2.05) is 30.3 Å². The zero-order chi connectivity index (χ0) is 26.0. The van der Waals surface area contributed by atoms with Crippen LogP contribution in [-0.2, 0) is 36.8 Å². The number of nitrogens with one attached hydrogen (secondary N) is 1. The Morgan fingerprint density at radius 2 is 1.63 bits per heavy atom. The van der Waals surface area contributed by atoms with Gasteiger partial charge in [-0.15, -0.1) is 0 Å². The molecule has 0 bridgehead atoms. The number of halogens is 1. The molecular formula is C26H33ClN2O6. The quantitative estimate of drug-likeness (QED) is 0.492. The van der Waals surface area contributed by atoms with E-state index in [1.165, 1.54) is 19.1 Å². The fourth-order valence-electron chi connectivity index (χ4n) is 3.24. The van der Waals surface area contributed by atoms with Gasteiger partial charge in [0.05, 0.1) is 20.3 Å². The number of hydrogen-bond donors (Lipinski definition) is 1. The normalized spacial score (nSPS) is 12.9. The largest absolute Gasteiger partial charge is 0.467 e. The highest BCUT2D eigenvalue weighted by Gasteiger charge is 2.34. The third kappa shape index (κ3) is 9.58. The minimum atomic E-state index is -1.01. The molecule has 2 aromatic carbocycles. The van der Waals surface area contributed by atoms with Gasteiger partial charge in [0.25, 0.3) is 0 Å². The molecule has 2 atom stereocenters. The molecule has 2 amide bonds. The predicted octanol–water partition coefficient (Wildman–Crippen LogP) is 3.99. The second-order valence-electron chi connectivity index (χ2n) is 9.02. The van der Waals surface area contributed by atoms with E-state index >= 15 is 0 Å². The van der Waals surface area contributed by atoms with Gasteiger partial charge in [0.1, 0.15) is 11.6 Å². The summed E-state index contributed by atoms with van der Waals surface area (Å²) in [6, 6.07) is 14.4. The van der Waals surface area contributed by atoms with Crippen molar-refractivity contribution in [1.29, 1.82) is 0 Å². The van der Waals surface area contributed by atoms with Crippen LogP contribution in [0, 0.1) is 0 Å². The van der Waals surface area contributed by atoms with Crippen molar-refractivity contribution in [2.24, 2.45) is 0 Å². The van der Waals surface area contributed by atoms with Crippen molar-refractivity contribution < 1.29 is 28.6 Å². The van der Waals surface area contributed by atoms with Crippen LogP contribution in [0.4, 0.5) is 4.79 Å². The maximum absolute atomic E-state index is 13.5. The predicted molar refractivity (Wildman–Crippen MR) is 133 cm³/mol. The molecule has 0 saturated carbocycles. The number of likely N-dealkylation sites (N-methyl/N-ethyl adjacent to an activating group) is 1. The Balaban J connectivity index is 2.18. The summed E-state index contributed by atoms with van der Waals surface area (Å²) in [5.74, 6) is -1.12. The van der Waals surface area contributed by atoms with Crippen LogP contribution < -0.4 is 5.32 Å². The smallest absolute Gasteiger partial charge is 0.408 e. The highest BCUT2D eigenvalue weighted by atomic mass is 35.5. The van der Waals surface area contributed by atoms with Gasteiger partial charge in [0, 0.05) is 18.5 Å². The topological polar surface area (TPSA) is 94.2 Å². The van der Waals surface area contributed by atoms with Crippen LogP contribution in [0.1, 0.15) is 31.9 Å². The van der Waals surface area contributed by atoms with E-state index < -0.39 is 35.7 Å². The van der Waals surface area contributed by atoms with Crippen LogP contribution in [0.15, 0.2) is 54.6 Å². The molecule has 0 saturated heterocycles. The van der Waals surface area contributed by atoms with Crippen molar-refractivity contribution >= 4 is 29.6 Å². The van der Waals surface area contributed by atoms with E-state index in [0.717, 1.165) is 11.1 Å². The minimum Gasteiger partial charge on any atom is -0.467 e. The van der Waals surface area contributed by atoms with Gasteiger partial charge in [-0.3, -0.25) is 4.79 Å². The highest BCUT2D eigenvalue weighted by molar-refractivity contribution is 6.30. The minimum absolute atomic E-state index is 0.0795. The summed E-state index contributed by atoms with van der Waals surface area (Å²) in [7, 11) is 2.72. The third-order valence-corrected chi connectivity index (χ3v) is 5.27. The molecule has 9 heteroatoms. The standard InChI is InChI=1S/C26H33ClN2O6/c1-26(2,3)35-25(32)28-21(15-18-11-13-20(27)14-12-18)23(30)29(4)22(24(31)33-5)17-34-16-19-9-7-6-8-10-19/h6-14,21-22H,15-17H2,1-5H3,(H,28,32)/t21-,22-/m0/s1. The third-order valence-electron chi connectivity index (χ3n) is 5.02. The number of esters is 1. The highest BCUT2D eigenvalue weighted by Crippen LogP contribution is 2.15. The van der Waals surface area contributed by atoms with E-state index in [4.69, 9.17) is 25.8 Å². The molecule has 190 valence electrons. The Hall–Kier alpha value is -3.10. The molecule has 0 aliphatic rings. The SMILES string of the molecule is COC(=O)[C@H](COCc1ccccc1)N(C)C(=O)[C@H](Cc1ccc(Cl)cc1)NC(=O)OC(C)(C)C. The number of alkyl carbamates (subject to hydrolysis) is 1. The molecule has 35 heavy (non-hydrogen) atoms. The number of carbonyl (C=O) groups excluding carboxylic acids is 3. The Morgan fingerprint density at radius 1 is 1.00 bits per heavy atom. The Morgan fingerprint density at radius 3 is 2.20 bits per heavy atom. The van der Waals surface area contributed by atoms with Gasteiger partial charge in [0.2, 0.25) is 5.91 Å². The van der Waals surface area contributed by atoms with Gasteiger partial charge in [-0.2, -0.15) is 0 Å². The molecule has 0 radical (unpaired) electrons. The number of methoxy groups -OCH3 is 1. The lowest BCUT2D eigenvalue weighted by atomic mass is 10.0. The first-order chi connectivity index (χ1) is 16.5. The first-order valence-electron chi connectivity index (χ1n) is 11.2. The van der Waals surface area contributed by atoms with E-state index in [-0.39, 0.29) is 19.6 Å². The molecule has 0 aromatic heterocycles. The summed E-state index contributed by atoms with van der Waals surface area (Å²) in [4.78, 5) is 39.7. The molecule has 0 unspecified atom stereocenters. The number of carbonyl (C=O) groups is 3. The van der Waals surface area contributed by atoms with E-state index in [2.05, 4.69) is 5.32 Å². The van der Waals surface area contributed by atoms with Crippen molar-refractivity contribution in [1.82, 2.24) is 10.2 Å². The van der Waals surface area contributed by atoms with E-state index in [9.17, 15) is 14.4 Å². The molecule has 0 fully saturated rings. The average molecular weight is 505 g/mol. The summed E-state index contributed by atoms with van der Waals surface area (Å²) in [5, 5.41) is 3.18. The number of hydrogen-bond acceptors (Lipinski definition) is 6. The van der Waals surface area contributed by atoms with Crippen molar-refractivity contribution in [3.8, 4) is 0 Å². The van der Waals surface area contributed by atoms with Gasteiger partial charge in [-0.05, 0) is 44.0 Å². The zero-order valence-electron chi connectivity index (χ0n) is 20.7. The van der Waals surface area contributed by atoms with Crippen molar-refractivity contribution in [2.75, 3.05) is 20.8 Å². The second-order valence-corrected chi connectivity index (χ2v) is 9.45. The van der Waals surface area contributed by atoms with Crippen LogP contribution in [0.2, 0.25) is 5.02 Å². The van der Waals surface area contributed by atoms with Crippen molar-refractivity contribution in [3.05, 3.63) is 70.7 Å². The summed E-state index contributed by atoms with van der Waals surface area (Å²) in [6.07, 6.45) is -0.577. The molecule has 0 heterocycles. The molecule has 0 spiro atoms. The molecule has 1 N–H and O–H groups in total. The monoisotopic (exact) mass is 504 g/mol. The molecule has 0 aliphatic carbocycles.